The van der Waals surface area contributed by atoms with Crippen molar-refractivity contribution in [3.63, 3.8) is 0 Å². The maximum atomic E-state index is 10.1. The lowest BCUT2D eigenvalue weighted by molar-refractivity contribution is 0.125. The molecule has 43 heavy (non-hydrogen) atoms. The second kappa shape index (κ2) is 41.8. The highest BCUT2D eigenvalue weighted by Crippen LogP contribution is 2.13. The van der Waals surface area contributed by atoms with Gasteiger partial charge >= 0.3 is 0 Å². The summed E-state index contributed by atoms with van der Waals surface area (Å²) >= 11 is 0. The van der Waals surface area contributed by atoms with Crippen LogP contribution in [0.2, 0.25) is 0 Å². The molecule has 0 saturated carbocycles. The third kappa shape index (κ3) is 51.7. The summed E-state index contributed by atoms with van der Waals surface area (Å²) in [6.07, 6.45) is 39.9. The van der Waals surface area contributed by atoms with Gasteiger partial charge in [0.25, 0.3) is 0 Å². The van der Waals surface area contributed by atoms with E-state index < -0.39 is 10.4 Å². The Kier molecular flexibility index (Phi) is 45.9. The Morgan fingerprint density at radius 3 is 0.814 bits per heavy atom. The number of hydrogen-bond donors (Lipinski definition) is 1. The molecule has 0 amide bonds. The van der Waals surface area contributed by atoms with Gasteiger partial charge in [-0.1, -0.05) is 194 Å². The van der Waals surface area contributed by atoms with Crippen LogP contribution in [-0.2, 0) is 19.3 Å². The van der Waals surface area contributed by atoms with Gasteiger partial charge in [-0.2, -0.15) is 0 Å². The van der Waals surface area contributed by atoms with Crippen molar-refractivity contribution in [3.8, 4) is 0 Å². The lowest BCUT2D eigenvalue weighted by Crippen LogP contribution is -2.05. The van der Waals surface area contributed by atoms with Crippen LogP contribution in [0.25, 0.3) is 0 Å². The summed E-state index contributed by atoms with van der Waals surface area (Å²) in [5, 5.41) is 0. The topological polar surface area (TPSA) is 112 Å². The van der Waals surface area contributed by atoms with Crippen LogP contribution in [0.3, 0.4) is 0 Å². The zero-order chi connectivity index (χ0) is 31.2. The average Bonchev–Trinajstić information content (AvgIpc) is 2.96. The van der Waals surface area contributed by atoms with Crippen LogP contribution >= 0.6 is 0 Å². The summed E-state index contributed by atoms with van der Waals surface area (Å²) in [4.78, 5) is 0. The van der Waals surface area contributed by atoms with Gasteiger partial charge in [0, 0.05) is 13.2 Å². The molecule has 0 aliphatic carbocycles. The molecule has 0 saturated heterocycles. The van der Waals surface area contributed by atoms with E-state index in [1.807, 2.05) is 0 Å². The molecule has 0 rings (SSSR count). The summed E-state index contributed by atoms with van der Waals surface area (Å²) in [7, 11) is -4.48. The van der Waals surface area contributed by atoms with E-state index in [-0.39, 0.29) is 12.8 Å². The third-order valence-corrected chi connectivity index (χ3v) is 8.47. The molecule has 0 radical (unpaired) electrons. The summed E-state index contributed by atoms with van der Waals surface area (Å²) < 4.78 is 40.2. The zero-order valence-corrected chi connectivity index (χ0v) is 30.6. The van der Waals surface area contributed by atoms with E-state index in [0.717, 1.165) is 26.1 Å². The Hall–Kier alpha value is -0.210. The van der Waals surface area contributed by atoms with Gasteiger partial charge in [0.15, 0.2) is 0 Å². The van der Waals surface area contributed by atoms with Gasteiger partial charge in [-0.3, -0.25) is 4.18 Å². The smallest absolute Gasteiger partial charge is 0.217 e. The van der Waals surface area contributed by atoms with Crippen molar-refractivity contribution in [2.24, 2.45) is 0 Å². The average molecular weight is 638 g/mol. The van der Waals surface area contributed by atoms with E-state index >= 15 is 0 Å². The second-order valence-corrected chi connectivity index (χ2v) is 13.4. The highest BCUT2D eigenvalue weighted by atomic mass is 32.3. The fraction of sp³-hybridized carbons (Fsp3) is 1.00. The lowest BCUT2D eigenvalue weighted by Gasteiger charge is -2.06. The van der Waals surface area contributed by atoms with E-state index in [9.17, 15) is 13.0 Å². The summed E-state index contributed by atoms with van der Waals surface area (Å²) in [5.41, 5.74) is 0. The predicted octanol–water partition coefficient (Wildman–Crippen LogP) is 12.6. The quantitative estimate of drug-likeness (QED) is 0.0428. The standard InChI is InChI=1S/C24H50O.C12H26O4S.H3N/c1-3-5-7-9-11-13-15-17-19-21-23-25-24-22-20-18-16-14-12-10-8-6-4-2;1-2-3-4-5-6-7-8-9-10-11-12-16-17(13,14)15;/h3-24H2,1-2H3;2-12H2,1H3,(H,13,14,15);1H3. The molecule has 0 aliphatic heterocycles. The number of rotatable bonds is 34. The third-order valence-electron chi connectivity index (χ3n) is 8.01. The summed E-state index contributed by atoms with van der Waals surface area (Å²) in [6, 6.07) is 0. The van der Waals surface area contributed by atoms with Crippen molar-refractivity contribution in [3.05, 3.63) is 0 Å². The Morgan fingerprint density at radius 2 is 0.581 bits per heavy atom. The van der Waals surface area contributed by atoms with Gasteiger partial charge in [-0.25, -0.2) is 8.42 Å². The van der Waals surface area contributed by atoms with E-state index in [1.165, 1.54) is 173 Å². The zero-order valence-electron chi connectivity index (χ0n) is 29.8. The molecule has 0 bridgehead atoms. The molecule has 0 aromatic heterocycles. The minimum atomic E-state index is -4.48. The molecule has 0 atom stereocenters. The number of unbranched alkanes of at least 4 members (excludes halogenated alkanes) is 27. The molecule has 0 unspecified atom stereocenters. The van der Waals surface area contributed by atoms with Gasteiger partial charge < -0.3 is 15.4 Å². The first kappa shape index (κ1) is 47.2. The fourth-order valence-electron chi connectivity index (χ4n) is 5.24. The molecule has 0 aromatic carbocycles. The van der Waals surface area contributed by atoms with Crippen molar-refractivity contribution in [2.75, 3.05) is 19.8 Å². The van der Waals surface area contributed by atoms with E-state index in [4.69, 9.17) is 4.74 Å². The molecule has 0 aromatic rings. The van der Waals surface area contributed by atoms with Gasteiger partial charge in [0.05, 0.1) is 6.61 Å². The molecule has 6 nitrogen and oxygen atoms in total. The molecule has 264 valence electrons. The first-order valence-electron chi connectivity index (χ1n) is 18.7. The van der Waals surface area contributed by atoms with Crippen LogP contribution in [0, 0.1) is 0 Å². The van der Waals surface area contributed by atoms with Gasteiger partial charge in [-0.05, 0) is 19.3 Å². The van der Waals surface area contributed by atoms with Crippen molar-refractivity contribution in [1.29, 1.82) is 0 Å². The van der Waals surface area contributed by atoms with E-state index in [2.05, 4.69) is 25.0 Å². The predicted molar refractivity (Wildman–Crippen MR) is 188 cm³/mol. The Morgan fingerprint density at radius 1 is 0.372 bits per heavy atom. The highest BCUT2D eigenvalue weighted by molar-refractivity contribution is 7.80. The first-order valence-corrected chi connectivity index (χ1v) is 20.0. The van der Waals surface area contributed by atoms with Crippen LogP contribution < -0.4 is 6.15 Å². The normalized spacial score (nSPS) is 11.3. The summed E-state index contributed by atoms with van der Waals surface area (Å²) in [6.45, 7) is 8.81. The van der Waals surface area contributed by atoms with Gasteiger partial charge in [0.1, 0.15) is 0 Å². The van der Waals surface area contributed by atoms with Crippen molar-refractivity contribution >= 4 is 10.4 Å². The molecule has 4 N–H and O–H groups in total. The van der Waals surface area contributed by atoms with Crippen molar-refractivity contribution in [2.45, 2.75) is 213 Å². The Bertz CT molecular complexity index is 552. The molecular formula is C36H79NO5S. The van der Waals surface area contributed by atoms with Crippen molar-refractivity contribution < 1.29 is 21.9 Å². The van der Waals surface area contributed by atoms with Gasteiger partial charge in [0.2, 0.25) is 10.4 Å². The number of quaternary nitrogens is 1. The summed E-state index contributed by atoms with van der Waals surface area (Å²) in [5.74, 6) is 0. The SMILES string of the molecule is CCCCCCCCCCCCOCCCCCCCCCCCC.CCCCCCCCCCCCOS(=O)(=O)[O-].[NH4+]. The van der Waals surface area contributed by atoms with E-state index in [1.54, 1.807) is 0 Å². The van der Waals surface area contributed by atoms with E-state index in [0.29, 0.717) is 6.42 Å². The lowest BCUT2D eigenvalue weighted by atomic mass is 10.1. The Balaban J connectivity index is -0.000000779. The maximum Gasteiger partial charge on any atom is 0.217 e. The molecular weight excluding hydrogens is 558 g/mol. The van der Waals surface area contributed by atoms with Crippen LogP contribution in [0.5, 0.6) is 0 Å². The molecule has 7 heteroatoms. The minimum absolute atomic E-state index is 0. The maximum absolute atomic E-state index is 10.1. The van der Waals surface area contributed by atoms with Crippen LogP contribution in [-0.4, -0.2) is 32.8 Å². The number of ether oxygens (including phenoxy) is 1. The second-order valence-electron chi connectivity index (χ2n) is 12.4. The number of hydrogen-bond acceptors (Lipinski definition) is 5. The monoisotopic (exact) mass is 638 g/mol. The van der Waals surface area contributed by atoms with Crippen LogP contribution in [0.1, 0.15) is 213 Å². The molecule has 0 heterocycles. The first-order chi connectivity index (χ1) is 20.5. The molecule has 0 aliphatic rings. The molecule has 0 fully saturated rings. The Labute approximate surface area is 271 Å². The van der Waals surface area contributed by atoms with Crippen molar-refractivity contribution in [1.82, 2.24) is 6.15 Å². The highest BCUT2D eigenvalue weighted by Gasteiger charge is 1.97. The largest absolute Gasteiger partial charge is 0.726 e. The van der Waals surface area contributed by atoms with Gasteiger partial charge in [-0.15, -0.1) is 0 Å². The van der Waals surface area contributed by atoms with Crippen LogP contribution in [0.15, 0.2) is 0 Å². The minimum Gasteiger partial charge on any atom is -0.726 e. The van der Waals surface area contributed by atoms with Crippen LogP contribution in [0.4, 0.5) is 0 Å². The fourth-order valence-corrected chi connectivity index (χ4v) is 5.56. The molecule has 0 spiro atoms.